The summed E-state index contributed by atoms with van der Waals surface area (Å²) in [6, 6.07) is 4.27. The molecule has 1 atom stereocenters. The van der Waals surface area contributed by atoms with Crippen LogP contribution >= 0.6 is 11.8 Å². The van der Waals surface area contributed by atoms with Crippen LogP contribution in [0.5, 0.6) is 5.75 Å². The molecule has 0 bridgehead atoms. The van der Waals surface area contributed by atoms with E-state index in [1.807, 2.05) is 6.92 Å². The van der Waals surface area contributed by atoms with Crippen LogP contribution in [0.3, 0.4) is 0 Å². The fourth-order valence-corrected chi connectivity index (χ4v) is 1.80. The van der Waals surface area contributed by atoms with Gasteiger partial charge in [0, 0.05) is 11.6 Å². The third-order valence-electron chi connectivity index (χ3n) is 2.21. The van der Waals surface area contributed by atoms with E-state index in [2.05, 4.69) is 6.26 Å². The first-order chi connectivity index (χ1) is 7.65. The zero-order valence-electron chi connectivity index (χ0n) is 9.70. The summed E-state index contributed by atoms with van der Waals surface area (Å²) >= 11 is 1.79. The number of hydrogen-bond acceptors (Lipinski definition) is 3. The molecule has 1 aromatic carbocycles. The Labute approximate surface area is 100 Å². The average Bonchev–Trinajstić information content (AvgIpc) is 2.26. The fourth-order valence-electron chi connectivity index (χ4n) is 1.39. The second kappa shape index (κ2) is 6.76. The molecule has 0 aliphatic carbocycles. The summed E-state index contributed by atoms with van der Waals surface area (Å²) in [5.74, 6) is 1.48. The Balaban J connectivity index is 2.64. The van der Waals surface area contributed by atoms with E-state index < -0.39 is 0 Å². The number of thioether (sulfide) groups is 1. The third kappa shape index (κ3) is 4.02. The summed E-state index contributed by atoms with van der Waals surface area (Å²) in [4.78, 5) is 0. The first-order valence-electron chi connectivity index (χ1n) is 5.32. The minimum atomic E-state index is -0.274. The van der Waals surface area contributed by atoms with Crippen LogP contribution in [0.2, 0.25) is 0 Å². The predicted molar refractivity (Wildman–Crippen MR) is 67.5 cm³/mol. The van der Waals surface area contributed by atoms with Crippen LogP contribution in [0.4, 0.5) is 4.39 Å². The molecule has 1 aromatic rings. The normalized spacial score (nSPS) is 12.5. The lowest BCUT2D eigenvalue weighted by Gasteiger charge is -2.13. The van der Waals surface area contributed by atoms with Crippen LogP contribution in [0, 0.1) is 5.82 Å². The summed E-state index contributed by atoms with van der Waals surface area (Å²) in [6.07, 6.45) is 3.04. The van der Waals surface area contributed by atoms with Gasteiger partial charge in [0.1, 0.15) is 11.6 Å². The molecule has 1 rings (SSSR count). The topological polar surface area (TPSA) is 35.2 Å². The molecule has 0 radical (unpaired) electrons. The van der Waals surface area contributed by atoms with Crippen molar-refractivity contribution in [2.24, 2.45) is 5.73 Å². The van der Waals surface area contributed by atoms with Gasteiger partial charge in [0.25, 0.3) is 0 Å². The highest BCUT2D eigenvalue weighted by Crippen LogP contribution is 2.24. The maximum atomic E-state index is 13.0. The van der Waals surface area contributed by atoms with E-state index in [4.69, 9.17) is 10.5 Å². The fraction of sp³-hybridized carbons (Fsp3) is 0.500. The molecule has 0 heterocycles. The highest BCUT2D eigenvalue weighted by Gasteiger charge is 2.09. The average molecular weight is 243 g/mol. The molecular formula is C12H18FNOS. The monoisotopic (exact) mass is 243 g/mol. The molecule has 90 valence electrons. The number of ether oxygens (including phenoxy) is 1. The maximum Gasteiger partial charge on any atom is 0.124 e. The molecule has 1 unspecified atom stereocenters. The van der Waals surface area contributed by atoms with Crippen molar-refractivity contribution in [3.63, 3.8) is 0 Å². The number of rotatable bonds is 6. The van der Waals surface area contributed by atoms with Gasteiger partial charge in [-0.2, -0.15) is 11.8 Å². The van der Waals surface area contributed by atoms with Crippen molar-refractivity contribution in [1.29, 1.82) is 0 Å². The molecule has 0 aromatic heterocycles. The summed E-state index contributed by atoms with van der Waals surface area (Å²) in [7, 11) is 0. The number of halogens is 1. The lowest BCUT2D eigenvalue weighted by atomic mass is 10.1. The van der Waals surface area contributed by atoms with Crippen molar-refractivity contribution in [3.05, 3.63) is 29.6 Å². The maximum absolute atomic E-state index is 13.0. The Morgan fingerprint density at radius 2 is 2.25 bits per heavy atom. The van der Waals surface area contributed by atoms with E-state index in [0.717, 1.165) is 17.7 Å². The summed E-state index contributed by atoms with van der Waals surface area (Å²) < 4.78 is 18.6. The minimum Gasteiger partial charge on any atom is -0.493 e. The SMILES string of the molecule is CSCCCOc1ccc(F)cc1C(C)N. The Morgan fingerprint density at radius 1 is 1.50 bits per heavy atom. The second-order valence-corrected chi connectivity index (χ2v) is 4.65. The van der Waals surface area contributed by atoms with Crippen LogP contribution in [0.1, 0.15) is 24.9 Å². The van der Waals surface area contributed by atoms with Gasteiger partial charge in [0.2, 0.25) is 0 Å². The van der Waals surface area contributed by atoms with Crippen molar-refractivity contribution in [1.82, 2.24) is 0 Å². The van der Waals surface area contributed by atoms with Crippen molar-refractivity contribution in [3.8, 4) is 5.75 Å². The third-order valence-corrected chi connectivity index (χ3v) is 2.91. The summed E-state index contributed by atoms with van der Waals surface area (Å²) in [6.45, 7) is 2.47. The molecule has 2 nitrogen and oxygen atoms in total. The molecular weight excluding hydrogens is 225 g/mol. The molecule has 0 saturated heterocycles. The molecule has 0 saturated carbocycles. The van der Waals surface area contributed by atoms with Crippen LogP contribution in [0.15, 0.2) is 18.2 Å². The summed E-state index contributed by atoms with van der Waals surface area (Å²) in [5.41, 5.74) is 6.49. The smallest absolute Gasteiger partial charge is 0.124 e. The minimum absolute atomic E-state index is 0.216. The standard InChI is InChI=1S/C12H18FNOS/c1-9(14)11-8-10(13)4-5-12(11)15-6-3-7-16-2/h4-5,8-9H,3,6-7,14H2,1-2H3. The Morgan fingerprint density at radius 3 is 2.88 bits per heavy atom. The van der Waals surface area contributed by atoms with Crippen LogP contribution in [-0.4, -0.2) is 18.6 Å². The number of hydrogen-bond donors (Lipinski definition) is 1. The van der Waals surface area contributed by atoms with Crippen molar-refractivity contribution in [2.75, 3.05) is 18.6 Å². The van der Waals surface area contributed by atoms with Gasteiger partial charge in [-0.1, -0.05) is 0 Å². The largest absolute Gasteiger partial charge is 0.493 e. The quantitative estimate of drug-likeness (QED) is 0.780. The van der Waals surface area contributed by atoms with Gasteiger partial charge in [-0.25, -0.2) is 4.39 Å². The molecule has 0 fully saturated rings. The molecule has 0 aliphatic heterocycles. The van der Waals surface area contributed by atoms with Gasteiger partial charge in [0.15, 0.2) is 0 Å². The van der Waals surface area contributed by atoms with Crippen LogP contribution in [-0.2, 0) is 0 Å². The Bertz CT molecular complexity index is 331. The second-order valence-electron chi connectivity index (χ2n) is 3.67. The van der Waals surface area contributed by atoms with E-state index >= 15 is 0 Å². The van der Waals surface area contributed by atoms with E-state index in [9.17, 15) is 4.39 Å². The molecule has 2 N–H and O–H groups in total. The lowest BCUT2D eigenvalue weighted by molar-refractivity contribution is 0.313. The van der Waals surface area contributed by atoms with Crippen molar-refractivity contribution < 1.29 is 9.13 Å². The molecule has 0 aliphatic rings. The first kappa shape index (κ1) is 13.3. The van der Waals surface area contributed by atoms with E-state index in [-0.39, 0.29) is 11.9 Å². The number of benzene rings is 1. The summed E-state index contributed by atoms with van der Waals surface area (Å²) in [5, 5.41) is 0. The van der Waals surface area contributed by atoms with Gasteiger partial charge >= 0.3 is 0 Å². The first-order valence-corrected chi connectivity index (χ1v) is 6.71. The van der Waals surface area contributed by atoms with E-state index in [1.165, 1.54) is 12.1 Å². The zero-order chi connectivity index (χ0) is 12.0. The van der Waals surface area contributed by atoms with Gasteiger partial charge in [-0.05, 0) is 43.6 Å². The van der Waals surface area contributed by atoms with Crippen molar-refractivity contribution >= 4 is 11.8 Å². The predicted octanol–water partition coefficient (Wildman–Crippen LogP) is 2.98. The van der Waals surface area contributed by atoms with Gasteiger partial charge in [-0.15, -0.1) is 0 Å². The van der Waals surface area contributed by atoms with Gasteiger partial charge in [-0.3, -0.25) is 0 Å². The molecule has 0 spiro atoms. The van der Waals surface area contributed by atoms with Crippen molar-refractivity contribution in [2.45, 2.75) is 19.4 Å². The van der Waals surface area contributed by atoms with Crippen LogP contribution in [0.25, 0.3) is 0 Å². The molecule has 4 heteroatoms. The Hall–Kier alpha value is -0.740. The van der Waals surface area contributed by atoms with E-state index in [0.29, 0.717) is 12.4 Å². The van der Waals surface area contributed by atoms with Gasteiger partial charge < -0.3 is 10.5 Å². The molecule has 16 heavy (non-hydrogen) atoms. The van der Waals surface area contributed by atoms with Crippen LogP contribution < -0.4 is 10.5 Å². The van der Waals surface area contributed by atoms with E-state index in [1.54, 1.807) is 17.8 Å². The highest BCUT2D eigenvalue weighted by atomic mass is 32.2. The zero-order valence-corrected chi connectivity index (χ0v) is 10.5. The lowest BCUT2D eigenvalue weighted by Crippen LogP contribution is -2.09. The Kier molecular flexibility index (Phi) is 5.63. The molecule has 0 amide bonds. The van der Waals surface area contributed by atoms with Gasteiger partial charge in [0.05, 0.1) is 6.61 Å². The number of nitrogens with two attached hydrogens (primary N) is 1. The highest BCUT2D eigenvalue weighted by molar-refractivity contribution is 7.98.